The fourth-order valence-electron chi connectivity index (χ4n) is 1.05. The van der Waals surface area contributed by atoms with Gasteiger partial charge in [-0.25, -0.2) is 0 Å². The van der Waals surface area contributed by atoms with Crippen LogP contribution in [0.25, 0.3) is 0 Å². The number of hydrogen-bond acceptors (Lipinski definition) is 3. The Balaban J connectivity index is 2.18. The SMILES string of the molecule is CCCC(=O)CSCc1ccc(Cl)o1. The summed E-state index contributed by atoms with van der Waals surface area (Å²) in [6, 6.07) is 3.55. The van der Waals surface area contributed by atoms with E-state index in [0.717, 1.165) is 12.2 Å². The molecule has 0 saturated carbocycles. The number of halogens is 1. The third-order valence-corrected chi connectivity index (χ3v) is 2.88. The van der Waals surface area contributed by atoms with E-state index in [1.165, 1.54) is 0 Å². The molecule has 0 N–H and O–H groups in total. The van der Waals surface area contributed by atoms with Crippen molar-refractivity contribution in [1.29, 1.82) is 0 Å². The summed E-state index contributed by atoms with van der Waals surface area (Å²) in [5.74, 6) is 2.40. The molecule has 1 rings (SSSR count). The van der Waals surface area contributed by atoms with E-state index in [1.807, 2.05) is 13.0 Å². The lowest BCUT2D eigenvalue weighted by atomic mass is 10.3. The van der Waals surface area contributed by atoms with Crippen LogP contribution in [0.4, 0.5) is 0 Å². The summed E-state index contributed by atoms with van der Waals surface area (Å²) in [6.07, 6.45) is 1.60. The Kier molecular flexibility index (Phi) is 5.12. The van der Waals surface area contributed by atoms with E-state index in [2.05, 4.69) is 0 Å². The van der Waals surface area contributed by atoms with E-state index < -0.39 is 0 Å². The van der Waals surface area contributed by atoms with Gasteiger partial charge in [0, 0.05) is 6.42 Å². The summed E-state index contributed by atoms with van der Waals surface area (Å²) in [4.78, 5) is 11.2. The van der Waals surface area contributed by atoms with Crippen LogP contribution in [0.1, 0.15) is 25.5 Å². The monoisotopic (exact) mass is 232 g/mol. The maximum absolute atomic E-state index is 11.2. The fourth-order valence-corrected chi connectivity index (χ4v) is 2.04. The number of rotatable bonds is 6. The first-order valence-electron chi connectivity index (χ1n) is 4.56. The highest BCUT2D eigenvalue weighted by Gasteiger charge is 2.03. The largest absolute Gasteiger partial charge is 0.449 e. The molecule has 0 aliphatic rings. The van der Waals surface area contributed by atoms with Gasteiger partial charge in [-0.3, -0.25) is 4.79 Å². The van der Waals surface area contributed by atoms with E-state index in [-0.39, 0.29) is 0 Å². The molecule has 14 heavy (non-hydrogen) atoms. The fraction of sp³-hybridized carbons (Fsp3) is 0.500. The number of ketones is 1. The van der Waals surface area contributed by atoms with Gasteiger partial charge in [0.15, 0.2) is 5.22 Å². The lowest BCUT2D eigenvalue weighted by Crippen LogP contribution is -2.00. The van der Waals surface area contributed by atoms with E-state index in [1.54, 1.807) is 17.8 Å². The van der Waals surface area contributed by atoms with Gasteiger partial charge in [-0.05, 0) is 30.2 Å². The molecule has 0 radical (unpaired) electrons. The van der Waals surface area contributed by atoms with Gasteiger partial charge in [-0.2, -0.15) is 0 Å². The zero-order valence-corrected chi connectivity index (χ0v) is 9.66. The second-order valence-electron chi connectivity index (χ2n) is 2.99. The smallest absolute Gasteiger partial charge is 0.193 e. The molecule has 0 aliphatic heterocycles. The Labute approximate surface area is 93.0 Å². The van der Waals surface area contributed by atoms with Crippen LogP contribution in [0.5, 0.6) is 0 Å². The van der Waals surface area contributed by atoms with E-state index in [0.29, 0.717) is 28.9 Å². The molecule has 0 unspecified atom stereocenters. The van der Waals surface area contributed by atoms with Crippen molar-refractivity contribution in [3.05, 3.63) is 23.1 Å². The summed E-state index contributed by atoms with van der Waals surface area (Å²) in [5.41, 5.74) is 0. The molecule has 1 heterocycles. The van der Waals surface area contributed by atoms with Crippen LogP contribution in [0.2, 0.25) is 5.22 Å². The van der Waals surface area contributed by atoms with Crippen LogP contribution < -0.4 is 0 Å². The van der Waals surface area contributed by atoms with Crippen LogP contribution in [-0.2, 0) is 10.5 Å². The molecule has 1 aromatic rings. The Morgan fingerprint density at radius 1 is 1.57 bits per heavy atom. The van der Waals surface area contributed by atoms with Crippen molar-refractivity contribution in [3.63, 3.8) is 0 Å². The summed E-state index contributed by atoms with van der Waals surface area (Å²) in [7, 11) is 0. The van der Waals surface area contributed by atoms with Crippen LogP contribution in [0.3, 0.4) is 0 Å². The first-order chi connectivity index (χ1) is 6.72. The van der Waals surface area contributed by atoms with Crippen molar-refractivity contribution in [3.8, 4) is 0 Å². The zero-order valence-electron chi connectivity index (χ0n) is 8.09. The van der Waals surface area contributed by atoms with Crippen molar-refractivity contribution in [1.82, 2.24) is 0 Å². The Bertz CT molecular complexity index is 296. The average Bonchev–Trinajstić information content (AvgIpc) is 2.52. The van der Waals surface area contributed by atoms with E-state index in [4.69, 9.17) is 16.0 Å². The number of Topliss-reactive ketones (excluding diaryl/α,β-unsaturated/α-hetero) is 1. The number of carbonyl (C=O) groups is 1. The molecule has 0 aromatic carbocycles. The molecular weight excluding hydrogens is 220 g/mol. The highest BCUT2D eigenvalue weighted by Crippen LogP contribution is 2.18. The molecule has 0 fully saturated rings. The maximum Gasteiger partial charge on any atom is 0.193 e. The van der Waals surface area contributed by atoms with Gasteiger partial charge in [-0.1, -0.05) is 6.92 Å². The van der Waals surface area contributed by atoms with Crippen LogP contribution in [0, 0.1) is 0 Å². The Morgan fingerprint density at radius 3 is 2.93 bits per heavy atom. The number of furan rings is 1. The van der Waals surface area contributed by atoms with E-state index in [9.17, 15) is 4.79 Å². The van der Waals surface area contributed by atoms with Crippen molar-refractivity contribution < 1.29 is 9.21 Å². The minimum absolute atomic E-state index is 0.301. The molecule has 2 nitrogen and oxygen atoms in total. The minimum atomic E-state index is 0.301. The Hall–Kier alpha value is -0.410. The summed E-state index contributed by atoms with van der Waals surface area (Å²) in [5, 5.41) is 0.403. The summed E-state index contributed by atoms with van der Waals surface area (Å²) in [6.45, 7) is 2.01. The van der Waals surface area contributed by atoms with Gasteiger partial charge in [-0.15, -0.1) is 11.8 Å². The van der Waals surface area contributed by atoms with Crippen molar-refractivity contribution >= 4 is 29.1 Å². The normalized spacial score (nSPS) is 10.4. The third-order valence-electron chi connectivity index (χ3n) is 1.67. The molecular formula is C10H13ClO2S. The lowest BCUT2D eigenvalue weighted by molar-refractivity contribution is -0.116. The predicted octanol–water partition coefficient (Wildman–Crippen LogP) is 3.54. The molecule has 0 spiro atoms. The number of thioether (sulfide) groups is 1. The number of hydrogen-bond donors (Lipinski definition) is 0. The van der Waals surface area contributed by atoms with Gasteiger partial charge in [0.1, 0.15) is 11.5 Å². The van der Waals surface area contributed by atoms with Gasteiger partial charge < -0.3 is 4.42 Å². The first kappa shape index (κ1) is 11.7. The van der Waals surface area contributed by atoms with Gasteiger partial charge in [0.25, 0.3) is 0 Å². The maximum atomic E-state index is 11.2. The topological polar surface area (TPSA) is 30.2 Å². The predicted molar refractivity (Wildman–Crippen MR) is 59.8 cm³/mol. The molecule has 0 amide bonds. The molecule has 4 heteroatoms. The quantitative estimate of drug-likeness (QED) is 0.752. The molecule has 0 aliphatic carbocycles. The van der Waals surface area contributed by atoms with Crippen molar-refractivity contribution in [2.75, 3.05) is 5.75 Å². The molecule has 78 valence electrons. The summed E-state index contributed by atoms with van der Waals surface area (Å²) < 4.78 is 5.16. The molecule has 1 aromatic heterocycles. The first-order valence-corrected chi connectivity index (χ1v) is 6.09. The van der Waals surface area contributed by atoms with Crippen molar-refractivity contribution in [2.45, 2.75) is 25.5 Å². The lowest BCUT2D eigenvalue weighted by Gasteiger charge is -1.97. The van der Waals surface area contributed by atoms with Gasteiger partial charge >= 0.3 is 0 Å². The third kappa shape index (κ3) is 4.20. The molecule has 0 saturated heterocycles. The highest BCUT2D eigenvalue weighted by atomic mass is 35.5. The summed E-state index contributed by atoms with van der Waals surface area (Å²) >= 11 is 7.17. The standard InChI is InChI=1S/C10H13ClO2S/c1-2-3-8(12)6-14-7-9-4-5-10(11)13-9/h4-5H,2-3,6-7H2,1H3. The van der Waals surface area contributed by atoms with Gasteiger partial charge in [0.2, 0.25) is 0 Å². The molecule has 0 bridgehead atoms. The van der Waals surface area contributed by atoms with Crippen LogP contribution in [0.15, 0.2) is 16.5 Å². The minimum Gasteiger partial charge on any atom is -0.449 e. The van der Waals surface area contributed by atoms with Crippen LogP contribution >= 0.6 is 23.4 Å². The second kappa shape index (κ2) is 6.14. The van der Waals surface area contributed by atoms with Crippen molar-refractivity contribution in [2.24, 2.45) is 0 Å². The van der Waals surface area contributed by atoms with Crippen LogP contribution in [-0.4, -0.2) is 11.5 Å². The number of carbonyl (C=O) groups excluding carboxylic acids is 1. The Morgan fingerprint density at radius 2 is 2.36 bits per heavy atom. The second-order valence-corrected chi connectivity index (χ2v) is 4.35. The van der Waals surface area contributed by atoms with E-state index >= 15 is 0 Å². The highest BCUT2D eigenvalue weighted by molar-refractivity contribution is 7.99. The molecule has 0 atom stereocenters. The van der Waals surface area contributed by atoms with Gasteiger partial charge in [0.05, 0.1) is 11.5 Å². The zero-order chi connectivity index (χ0) is 10.4. The average molecular weight is 233 g/mol.